The Morgan fingerprint density at radius 2 is 2.14 bits per heavy atom. The molecule has 0 saturated heterocycles. The minimum absolute atomic E-state index is 0.728. The lowest BCUT2D eigenvalue weighted by atomic mass is 10.2. The Morgan fingerprint density at radius 3 is 2.95 bits per heavy atom. The molecule has 22 heavy (non-hydrogen) atoms. The molecular formula is C16H16N4OS. The predicted molar refractivity (Wildman–Crippen MR) is 91.1 cm³/mol. The number of nitrogens with zero attached hydrogens (tertiary/aromatic N) is 3. The third kappa shape index (κ3) is 2.78. The average molecular weight is 312 g/mol. The fraction of sp³-hybridized carbons (Fsp3) is 0.188. The van der Waals surface area contributed by atoms with Crippen molar-refractivity contribution in [3.8, 4) is 5.75 Å². The number of fused-ring (bicyclic) bond motifs is 1. The van der Waals surface area contributed by atoms with Gasteiger partial charge >= 0.3 is 0 Å². The van der Waals surface area contributed by atoms with Gasteiger partial charge in [-0.05, 0) is 37.1 Å². The zero-order chi connectivity index (χ0) is 15.5. The number of methoxy groups -OCH3 is 1. The van der Waals surface area contributed by atoms with Gasteiger partial charge in [-0.25, -0.2) is 9.97 Å². The number of hydrazone groups is 1. The number of aromatic nitrogens is 2. The topological polar surface area (TPSA) is 59.4 Å². The number of hydrogen-bond donors (Lipinski definition) is 1. The summed E-state index contributed by atoms with van der Waals surface area (Å²) in [5.41, 5.74) is 5.16. The predicted octanol–water partition coefficient (Wildman–Crippen LogP) is 3.76. The van der Waals surface area contributed by atoms with Crippen LogP contribution in [0.5, 0.6) is 5.75 Å². The summed E-state index contributed by atoms with van der Waals surface area (Å²) in [5, 5.41) is 5.31. The molecule has 0 bridgehead atoms. The Morgan fingerprint density at radius 1 is 1.27 bits per heavy atom. The molecule has 1 aromatic carbocycles. The molecule has 5 nitrogen and oxygen atoms in total. The van der Waals surface area contributed by atoms with E-state index in [4.69, 9.17) is 4.74 Å². The second kappa shape index (κ2) is 6.11. The van der Waals surface area contributed by atoms with Gasteiger partial charge < -0.3 is 4.74 Å². The Kier molecular flexibility index (Phi) is 4.02. The summed E-state index contributed by atoms with van der Waals surface area (Å²) in [7, 11) is 1.65. The summed E-state index contributed by atoms with van der Waals surface area (Å²) in [6.45, 7) is 4.17. The smallest absolute Gasteiger partial charge is 0.158 e. The maximum Gasteiger partial charge on any atom is 0.158 e. The number of benzene rings is 1. The van der Waals surface area contributed by atoms with Gasteiger partial charge in [-0.1, -0.05) is 12.1 Å². The molecular weight excluding hydrogens is 296 g/mol. The van der Waals surface area contributed by atoms with Gasteiger partial charge in [-0.3, -0.25) is 5.43 Å². The monoisotopic (exact) mass is 312 g/mol. The van der Waals surface area contributed by atoms with Crippen LogP contribution < -0.4 is 10.2 Å². The maximum atomic E-state index is 5.19. The SMILES string of the molecule is COc1cccc(/C=N/Nc2ncnc3sc(C)c(C)c23)c1. The number of thiophene rings is 1. The number of nitrogens with one attached hydrogen (secondary N) is 1. The molecule has 6 heteroatoms. The van der Waals surface area contributed by atoms with Crippen LogP contribution in [-0.2, 0) is 0 Å². The van der Waals surface area contributed by atoms with Crippen molar-refractivity contribution in [1.82, 2.24) is 9.97 Å². The summed E-state index contributed by atoms with van der Waals surface area (Å²) < 4.78 is 5.19. The summed E-state index contributed by atoms with van der Waals surface area (Å²) in [4.78, 5) is 10.8. The van der Waals surface area contributed by atoms with E-state index < -0.39 is 0 Å². The van der Waals surface area contributed by atoms with Gasteiger partial charge in [-0.15, -0.1) is 11.3 Å². The molecule has 0 aliphatic rings. The molecule has 0 fully saturated rings. The van der Waals surface area contributed by atoms with E-state index in [0.717, 1.165) is 27.3 Å². The molecule has 0 atom stereocenters. The lowest BCUT2D eigenvalue weighted by Gasteiger charge is -2.02. The largest absolute Gasteiger partial charge is 0.497 e. The van der Waals surface area contributed by atoms with Crippen LogP contribution in [0.15, 0.2) is 35.7 Å². The van der Waals surface area contributed by atoms with E-state index in [1.165, 1.54) is 10.4 Å². The molecule has 0 spiro atoms. The number of rotatable bonds is 4. The van der Waals surface area contributed by atoms with Crippen LogP contribution in [0, 0.1) is 13.8 Å². The average Bonchev–Trinajstić information content (AvgIpc) is 2.83. The van der Waals surface area contributed by atoms with Gasteiger partial charge in [0.05, 0.1) is 18.7 Å². The third-order valence-corrected chi connectivity index (χ3v) is 4.56. The highest BCUT2D eigenvalue weighted by molar-refractivity contribution is 7.18. The van der Waals surface area contributed by atoms with E-state index in [1.54, 1.807) is 31.0 Å². The van der Waals surface area contributed by atoms with Crippen LogP contribution >= 0.6 is 11.3 Å². The fourth-order valence-electron chi connectivity index (χ4n) is 2.16. The highest BCUT2D eigenvalue weighted by Gasteiger charge is 2.11. The first-order valence-electron chi connectivity index (χ1n) is 6.83. The molecule has 0 saturated carbocycles. The minimum Gasteiger partial charge on any atom is -0.497 e. The molecule has 2 aromatic heterocycles. The van der Waals surface area contributed by atoms with E-state index in [2.05, 4.69) is 34.3 Å². The number of hydrogen-bond acceptors (Lipinski definition) is 6. The van der Waals surface area contributed by atoms with Gasteiger partial charge in [0, 0.05) is 4.88 Å². The molecule has 0 amide bonds. The van der Waals surface area contributed by atoms with Crippen molar-refractivity contribution in [1.29, 1.82) is 0 Å². The van der Waals surface area contributed by atoms with E-state index >= 15 is 0 Å². The van der Waals surface area contributed by atoms with E-state index in [0.29, 0.717) is 0 Å². The summed E-state index contributed by atoms with van der Waals surface area (Å²) >= 11 is 1.67. The van der Waals surface area contributed by atoms with Crippen molar-refractivity contribution in [2.75, 3.05) is 12.5 Å². The van der Waals surface area contributed by atoms with Crippen molar-refractivity contribution in [3.05, 3.63) is 46.6 Å². The Labute approximate surface area is 132 Å². The van der Waals surface area contributed by atoms with E-state index in [9.17, 15) is 0 Å². The first-order valence-corrected chi connectivity index (χ1v) is 7.64. The standard InChI is InChI=1S/C16H16N4OS/c1-10-11(2)22-16-14(10)15(17-9-18-16)20-19-8-12-5-4-6-13(7-12)21-3/h4-9H,1-3H3,(H,17,18,20)/b19-8+. The highest BCUT2D eigenvalue weighted by Crippen LogP contribution is 2.32. The fourth-order valence-corrected chi connectivity index (χ4v) is 3.15. The quantitative estimate of drug-likeness (QED) is 0.588. The van der Waals surface area contributed by atoms with Crippen molar-refractivity contribution >= 4 is 33.6 Å². The molecule has 0 unspecified atom stereocenters. The molecule has 0 aliphatic heterocycles. The number of aryl methyl sites for hydroxylation is 2. The second-order valence-electron chi connectivity index (χ2n) is 4.83. The van der Waals surface area contributed by atoms with E-state index in [1.807, 2.05) is 24.3 Å². The Bertz CT molecular complexity index is 841. The highest BCUT2D eigenvalue weighted by atomic mass is 32.1. The first-order chi connectivity index (χ1) is 10.7. The van der Waals surface area contributed by atoms with Crippen molar-refractivity contribution < 1.29 is 4.74 Å². The lowest BCUT2D eigenvalue weighted by Crippen LogP contribution is -1.95. The van der Waals surface area contributed by atoms with E-state index in [-0.39, 0.29) is 0 Å². The normalized spacial score (nSPS) is 11.2. The zero-order valence-electron chi connectivity index (χ0n) is 12.6. The minimum atomic E-state index is 0.728. The maximum absolute atomic E-state index is 5.19. The Hall–Kier alpha value is -2.47. The van der Waals surface area contributed by atoms with Crippen molar-refractivity contribution in [3.63, 3.8) is 0 Å². The van der Waals surface area contributed by atoms with Gasteiger partial charge in [0.2, 0.25) is 0 Å². The van der Waals surface area contributed by atoms with Crippen LogP contribution in [0.25, 0.3) is 10.2 Å². The summed E-state index contributed by atoms with van der Waals surface area (Å²) in [6, 6.07) is 7.70. The first kappa shape index (κ1) is 14.5. The van der Waals surface area contributed by atoms with Crippen molar-refractivity contribution in [2.45, 2.75) is 13.8 Å². The van der Waals surface area contributed by atoms with Crippen LogP contribution in [0.1, 0.15) is 16.0 Å². The molecule has 2 heterocycles. The number of ether oxygens (including phenoxy) is 1. The molecule has 3 aromatic rings. The van der Waals surface area contributed by atoms with Crippen LogP contribution in [0.3, 0.4) is 0 Å². The van der Waals surface area contributed by atoms with Gasteiger partial charge in [0.15, 0.2) is 5.82 Å². The van der Waals surface area contributed by atoms with Gasteiger partial charge in [0.1, 0.15) is 16.9 Å². The van der Waals surface area contributed by atoms with Crippen LogP contribution in [0.2, 0.25) is 0 Å². The second-order valence-corrected chi connectivity index (χ2v) is 6.04. The van der Waals surface area contributed by atoms with Gasteiger partial charge in [0.25, 0.3) is 0 Å². The lowest BCUT2D eigenvalue weighted by molar-refractivity contribution is 0.415. The molecule has 0 radical (unpaired) electrons. The zero-order valence-corrected chi connectivity index (χ0v) is 13.4. The molecule has 112 valence electrons. The molecule has 1 N–H and O–H groups in total. The summed E-state index contributed by atoms with van der Waals surface area (Å²) in [6.07, 6.45) is 3.30. The van der Waals surface area contributed by atoms with Gasteiger partial charge in [-0.2, -0.15) is 5.10 Å². The Balaban J connectivity index is 1.86. The molecule has 0 aliphatic carbocycles. The third-order valence-electron chi connectivity index (χ3n) is 3.44. The van der Waals surface area contributed by atoms with Crippen LogP contribution in [0.4, 0.5) is 5.82 Å². The van der Waals surface area contributed by atoms with Crippen molar-refractivity contribution in [2.24, 2.45) is 5.10 Å². The summed E-state index contributed by atoms with van der Waals surface area (Å²) in [5.74, 6) is 1.53. The van der Waals surface area contributed by atoms with Crippen LogP contribution in [-0.4, -0.2) is 23.3 Å². The molecule has 3 rings (SSSR count). The number of anilines is 1.